The number of aliphatic imine (C=N–C) groups is 1. The van der Waals surface area contributed by atoms with Gasteiger partial charge in [-0.2, -0.15) is 0 Å². The van der Waals surface area contributed by atoms with Crippen molar-refractivity contribution in [2.45, 2.75) is 32.6 Å². The van der Waals surface area contributed by atoms with Gasteiger partial charge in [-0.05, 0) is 47.7 Å². The fraction of sp³-hybridized carbons (Fsp3) is 0.286. The average Bonchev–Trinajstić information content (AvgIpc) is 2.54. The van der Waals surface area contributed by atoms with E-state index in [1.54, 1.807) is 6.21 Å². The van der Waals surface area contributed by atoms with Crippen molar-refractivity contribution in [3.8, 4) is 11.5 Å². The summed E-state index contributed by atoms with van der Waals surface area (Å²) in [4.78, 5) is 4.44. The van der Waals surface area contributed by atoms with Gasteiger partial charge in [-0.15, -0.1) is 6.58 Å². The molecule has 0 saturated carbocycles. The first-order chi connectivity index (χ1) is 11.4. The van der Waals surface area contributed by atoms with E-state index in [4.69, 9.17) is 4.74 Å². The molecule has 3 nitrogen and oxygen atoms in total. The van der Waals surface area contributed by atoms with Gasteiger partial charge in [-0.25, -0.2) is 0 Å². The summed E-state index contributed by atoms with van der Waals surface area (Å²) >= 11 is 0. The lowest BCUT2D eigenvalue weighted by Crippen LogP contribution is -2.11. The monoisotopic (exact) mass is 323 g/mol. The molecule has 3 heteroatoms. The van der Waals surface area contributed by atoms with Crippen molar-refractivity contribution < 1.29 is 9.84 Å². The van der Waals surface area contributed by atoms with Crippen molar-refractivity contribution >= 4 is 11.9 Å². The summed E-state index contributed by atoms with van der Waals surface area (Å²) in [5.74, 6) is 1.10. The Hall–Kier alpha value is -2.55. The topological polar surface area (TPSA) is 41.8 Å². The van der Waals surface area contributed by atoms with Gasteiger partial charge in [0.15, 0.2) is 0 Å². The molecule has 1 N–H and O–H groups in total. The van der Waals surface area contributed by atoms with Crippen LogP contribution in [-0.2, 0) is 5.41 Å². The van der Waals surface area contributed by atoms with E-state index in [1.165, 1.54) is 0 Å². The molecule has 0 heterocycles. The number of ether oxygens (including phenoxy) is 1. The molecule has 24 heavy (non-hydrogen) atoms. The summed E-state index contributed by atoms with van der Waals surface area (Å²) in [5, 5.41) is 10.4. The normalized spacial score (nSPS) is 11.6. The molecule has 0 amide bonds. The summed E-state index contributed by atoms with van der Waals surface area (Å²) in [5.41, 5.74) is 2.33. The predicted octanol–water partition coefficient (Wildman–Crippen LogP) is 5.40. The summed E-state index contributed by atoms with van der Waals surface area (Å²) in [6.45, 7) is 10.5. The second-order valence-corrected chi connectivity index (χ2v) is 6.67. The molecule has 0 aliphatic carbocycles. The molecule has 0 aliphatic heterocycles. The summed E-state index contributed by atoms with van der Waals surface area (Å²) in [6, 6.07) is 13.3. The SMILES string of the molecule is C=CCCOc1ccc(N=Cc2cccc(C(C)(C)C)c2O)cc1. The molecule has 0 saturated heterocycles. The van der Waals surface area contributed by atoms with Crippen molar-refractivity contribution in [2.24, 2.45) is 4.99 Å². The van der Waals surface area contributed by atoms with Gasteiger partial charge in [-0.1, -0.05) is 39.0 Å². The Balaban J connectivity index is 2.12. The lowest BCUT2D eigenvalue weighted by molar-refractivity contribution is 0.325. The van der Waals surface area contributed by atoms with E-state index in [1.807, 2.05) is 48.5 Å². The standard InChI is InChI=1S/C21H25NO2/c1-5-6-14-24-18-12-10-17(11-13-18)22-15-16-8-7-9-19(20(16)23)21(2,3)4/h5,7-13,15,23H,1,6,14H2,2-4H3. The van der Waals surface area contributed by atoms with Crippen molar-refractivity contribution in [1.82, 2.24) is 0 Å². The molecule has 2 aromatic carbocycles. The van der Waals surface area contributed by atoms with Gasteiger partial charge in [-0.3, -0.25) is 4.99 Å². The zero-order chi connectivity index (χ0) is 17.6. The van der Waals surface area contributed by atoms with Crippen LogP contribution in [0.2, 0.25) is 0 Å². The lowest BCUT2D eigenvalue weighted by Gasteiger charge is -2.21. The molecule has 0 atom stereocenters. The van der Waals surface area contributed by atoms with Crippen LogP contribution in [0, 0.1) is 0 Å². The third kappa shape index (κ3) is 4.72. The lowest BCUT2D eigenvalue weighted by atomic mass is 9.85. The van der Waals surface area contributed by atoms with Crippen molar-refractivity contribution in [3.63, 3.8) is 0 Å². The van der Waals surface area contributed by atoms with Gasteiger partial charge in [0.25, 0.3) is 0 Å². The second-order valence-electron chi connectivity index (χ2n) is 6.67. The van der Waals surface area contributed by atoms with E-state index < -0.39 is 0 Å². The largest absolute Gasteiger partial charge is 0.507 e. The zero-order valence-corrected chi connectivity index (χ0v) is 14.6. The highest BCUT2D eigenvalue weighted by Gasteiger charge is 2.19. The Morgan fingerprint density at radius 1 is 1.12 bits per heavy atom. The van der Waals surface area contributed by atoms with E-state index in [0.29, 0.717) is 12.2 Å². The number of nitrogens with zero attached hydrogens (tertiary/aromatic N) is 1. The van der Waals surface area contributed by atoms with Crippen LogP contribution < -0.4 is 4.74 Å². The maximum absolute atomic E-state index is 10.4. The first-order valence-corrected chi connectivity index (χ1v) is 8.12. The Labute approximate surface area is 144 Å². The molecule has 0 aromatic heterocycles. The molecule has 2 aromatic rings. The van der Waals surface area contributed by atoms with Crippen LogP contribution in [0.4, 0.5) is 5.69 Å². The van der Waals surface area contributed by atoms with Crippen LogP contribution in [0.5, 0.6) is 11.5 Å². The van der Waals surface area contributed by atoms with Gasteiger partial charge >= 0.3 is 0 Å². The molecule has 0 fully saturated rings. The van der Waals surface area contributed by atoms with E-state index in [0.717, 1.165) is 23.4 Å². The molecule has 2 rings (SSSR count). The van der Waals surface area contributed by atoms with Gasteiger partial charge in [0.1, 0.15) is 11.5 Å². The zero-order valence-electron chi connectivity index (χ0n) is 14.6. The number of hydrogen-bond acceptors (Lipinski definition) is 3. The Morgan fingerprint density at radius 2 is 1.83 bits per heavy atom. The first kappa shape index (κ1) is 17.8. The van der Waals surface area contributed by atoms with Crippen LogP contribution in [0.25, 0.3) is 0 Å². The van der Waals surface area contributed by atoms with Gasteiger partial charge < -0.3 is 9.84 Å². The minimum Gasteiger partial charge on any atom is -0.507 e. The van der Waals surface area contributed by atoms with Crippen molar-refractivity contribution in [2.75, 3.05) is 6.61 Å². The Morgan fingerprint density at radius 3 is 2.46 bits per heavy atom. The number of benzene rings is 2. The smallest absolute Gasteiger partial charge is 0.128 e. The highest BCUT2D eigenvalue weighted by atomic mass is 16.5. The fourth-order valence-electron chi connectivity index (χ4n) is 2.30. The first-order valence-electron chi connectivity index (χ1n) is 8.12. The third-order valence-electron chi connectivity index (χ3n) is 3.66. The minimum atomic E-state index is -0.113. The summed E-state index contributed by atoms with van der Waals surface area (Å²) in [6.07, 6.45) is 4.35. The second kappa shape index (κ2) is 7.82. The third-order valence-corrected chi connectivity index (χ3v) is 3.66. The van der Waals surface area contributed by atoms with Crippen LogP contribution in [-0.4, -0.2) is 17.9 Å². The number of hydrogen-bond donors (Lipinski definition) is 1. The van der Waals surface area contributed by atoms with Crippen LogP contribution in [0.15, 0.2) is 60.1 Å². The number of phenolic OH excluding ortho intramolecular Hbond substituents is 1. The molecular formula is C21H25NO2. The molecule has 126 valence electrons. The molecule has 0 aliphatic rings. The molecular weight excluding hydrogens is 298 g/mol. The average molecular weight is 323 g/mol. The van der Waals surface area contributed by atoms with Crippen LogP contribution in [0.3, 0.4) is 0 Å². The van der Waals surface area contributed by atoms with E-state index in [9.17, 15) is 5.11 Å². The van der Waals surface area contributed by atoms with E-state index >= 15 is 0 Å². The maximum Gasteiger partial charge on any atom is 0.128 e. The van der Waals surface area contributed by atoms with E-state index in [-0.39, 0.29) is 11.2 Å². The number of para-hydroxylation sites is 1. The molecule has 0 radical (unpaired) electrons. The summed E-state index contributed by atoms with van der Waals surface area (Å²) < 4.78 is 5.57. The predicted molar refractivity (Wildman–Crippen MR) is 101 cm³/mol. The summed E-state index contributed by atoms with van der Waals surface area (Å²) in [7, 11) is 0. The molecule has 0 spiro atoms. The fourth-order valence-corrected chi connectivity index (χ4v) is 2.30. The maximum atomic E-state index is 10.4. The number of rotatable bonds is 6. The van der Waals surface area contributed by atoms with Crippen LogP contribution in [0.1, 0.15) is 38.3 Å². The number of aromatic hydroxyl groups is 1. The van der Waals surface area contributed by atoms with Crippen LogP contribution >= 0.6 is 0 Å². The highest BCUT2D eigenvalue weighted by molar-refractivity contribution is 5.86. The Bertz CT molecular complexity index is 710. The van der Waals surface area contributed by atoms with Crippen molar-refractivity contribution in [3.05, 3.63) is 66.2 Å². The van der Waals surface area contributed by atoms with Gasteiger partial charge in [0.2, 0.25) is 0 Å². The molecule has 0 bridgehead atoms. The highest BCUT2D eigenvalue weighted by Crippen LogP contribution is 2.32. The Kier molecular flexibility index (Phi) is 5.80. The van der Waals surface area contributed by atoms with E-state index in [2.05, 4.69) is 32.3 Å². The number of phenols is 1. The molecule has 0 unspecified atom stereocenters. The quantitative estimate of drug-likeness (QED) is 0.439. The minimum absolute atomic E-state index is 0.113. The van der Waals surface area contributed by atoms with Crippen molar-refractivity contribution in [1.29, 1.82) is 0 Å². The van der Waals surface area contributed by atoms with Gasteiger partial charge in [0.05, 0.1) is 12.3 Å². The van der Waals surface area contributed by atoms with Gasteiger partial charge in [0, 0.05) is 11.8 Å².